The molecule has 0 saturated heterocycles. The van der Waals surface area contributed by atoms with Gasteiger partial charge in [-0.2, -0.15) is 0 Å². The lowest BCUT2D eigenvalue weighted by atomic mass is 10.0. The first-order valence-corrected chi connectivity index (χ1v) is 8.64. The molecular formula is C20H28N2O3. The molecule has 3 N–H and O–H groups in total. The zero-order valence-electron chi connectivity index (χ0n) is 15.4. The van der Waals surface area contributed by atoms with Gasteiger partial charge in [0.05, 0.1) is 0 Å². The topological polar surface area (TPSA) is 74.5 Å². The standard InChI is InChI=1S/C20H28N2O3/c1-14-5-10-19(25-14)20(4,24)13-22-15(2)18-8-6-17(7-9-18)11-12-21-16(3)23/h5-10,15,22,24H,11-13H2,1-4H3,(H,21,23). The van der Waals surface area contributed by atoms with Gasteiger partial charge in [0.25, 0.3) is 0 Å². The summed E-state index contributed by atoms with van der Waals surface area (Å²) in [6, 6.07) is 12.1. The molecule has 0 aliphatic carbocycles. The van der Waals surface area contributed by atoms with Gasteiger partial charge in [0.15, 0.2) is 0 Å². The van der Waals surface area contributed by atoms with E-state index in [0.717, 1.165) is 17.7 Å². The lowest BCUT2D eigenvalue weighted by molar-refractivity contribution is -0.118. The number of aliphatic hydroxyl groups is 1. The Kier molecular flexibility index (Phi) is 6.39. The Balaban J connectivity index is 1.88. The van der Waals surface area contributed by atoms with E-state index in [2.05, 4.69) is 41.8 Å². The van der Waals surface area contributed by atoms with E-state index in [1.54, 1.807) is 6.92 Å². The van der Waals surface area contributed by atoms with E-state index in [-0.39, 0.29) is 11.9 Å². The SMILES string of the molecule is CC(=O)NCCc1ccc(C(C)NCC(C)(O)c2ccc(C)o2)cc1. The highest BCUT2D eigenvalue weighted by molar-refractivity contribution is 5.72. The third-order valence-corrected chi connectivity index (χ3v) is 4.29. The van der Waals surface area contributed by atoms with Crippen molar-refractivity contribution in [3.05, 3.63) is 59.0 Å². The maximum absolute atomic E-state index is 10.9. The Bertz CT molecular complexity index is 689. The number of benzene rings is 1. The lowest BCUT2D eigenvalue weighted by Gasteiger charge is -2.24. The highest BCUT2D eigenvalue weighted by atomic mass is 16.4. The number of amides is 1. The first-order chi connectivity index (χ1) is 11.8. The summed E-state index contributed by atoms with van der Waals surface area (Å²) in [5.41, 5.74) is 1.28. The summed E-state index contributed by atoms with van der Waals surface area (Å²) in [4.78, 5) is 10.9. The van der Waals surface area contributed by atoms with Crippen LogP contribution in [0.25, 0.3) is 0 Å². The third-order valence-electron chi connectivity index (χ3n) is 4.29. The number of furan rings is 1. The molecule has 0 saturated carbocycles. The molecule has 0 spiro atoms. The van der Waals surface area contributed by atoms with E-state index >= 15 is 0 Å². The molecule has 2 unspecified atom stereocenters. The number of carbonyl (C=O) groups excluding carboxylic acids is 1. The van der Waals surface area contributed by atoms with Crippen LogP contribution in [0.3, 0.4) is 0 Å². The predicted molar refractivity (Wildman–Crippen MR) is 98.3 cm³/mol. The minimum absolute atomic E-state index is 0.00625. The highest BCUT2D eigenvalue weighted by Crippen LogP contribution is 2.23. The van der Waals surface area contributed by atoms with Crippen LogP contribution in [0.4, 0.5) is 0 Å². The molecule has 0 fully saturated rings. The molecular weight excluding hydrogens is 316 g/mol. The largest absolute Gasteiger partial charge is 0.463 e. The first kappa shape index (κ1) is 19.2. The maximum atomic E-state index is 10.9. The summed E-state index contributed by atoms with van der Waals surface area (Å²) in [7, 11) is 0. The first-order valence-electron chi connectivity index (χ1n) is 8.64. The number of carbonyl (C=O) groups is 1. The van der Waals surface area contributed by atoms with E-state index in [1.165, 1.54) is 12.5 Å². The van der Waals surface area contributed by atoms with Crippen LogP contribution in [0.15, 0.2) is 40.8 Å². The van der Waals surface area contributed by atoms with Crippen LogP contribution in [0.1, 0.15) is 49.5 Å². The van der Waals surface area contributed by atoms with E-state index in [9.17, 15) is 9.90 Å². The van der Waals surface area contributed by atoms with Gasteiger partial charge < -0.3 is 20.2 Å². The summed E-state index contributed by atoms with van der Waals surface area (Å²) >= 11 is 0. The number of aryl methyl sites for hydroxylation is 1. The van der Waals surface area contributed by atoms with Gasteiger partial charge in [-0.25, -0.2) is 0 Å². The van der Waals surface area contributed by atoms with Crippen LogP contribution in [0.5, 0.6) is 0 Å². The molecule has 0 aliphatic heterocycles. The fraction of sp³-hybridized carbons (Fsp3) is 0.450. The lowest BCUT2D eigenvalue weighted by Crippen LogP contribution is -2.36. The molecule has 1 aromatic heterocycles. The van der Waals surface area contributed by atoms with Crippen molar-refractivity contribution in [3.8, 4) is 0 Å². The van der Waals surface area contributed by atoms with Crippen molar-refractivity contribution >= 4 is 5.91 Å². The highest BCUT2D eigenvalue weighted by Gasteiger charge is 2.27. The fourth-order valence-electron chi connectivity index (χ4n) is 2.64. The molecule has 0 radical (unpaired) electrons. The monoisotopic (exact) mass is 344 g/mol. The van der Waals surface area contributed by atoms with Crippen molar-refractivity contribution in [3.63, 3.8) is 0 Å². The van der Waals surface area contributed by atoms with Crippen LogP contribution in [0, 0.1) is 6.92 Å². The summed E-state index contributed by atoms with van der Waals surface area (Å²) < 4.78 is 5.54. The quantitative estimate of drug-likeness (QED) is 0.688. The van der Waals surface area contributed by atoms with Gasteiger partial charge in [-0.05, 0) is 50.5 Å². The van der Waals surface area contributed by atoms with Gasteiger partial charge in [0.2, 0.25) is 5.91 Å². The second kappa shape index (κ2) is 8.32. The van der Waals surface area contributed by atoms with Crippen molar-refractivity contribution in [2.24, 2.45) is 0 Å². The Morgan fingerprint density at radius 2 is 1.92 bits per heavy atom. The molecule has 2 rings (SSSR count). The fourth-order valence-corrected chi connectivity index (χ4v) is 2.64. The predicted octanol–water partition coefficient (Wildman–Crippen LogP) is 2.82. The Hall–Kier alpha value is -2.11. The Morgan fingerprint density at radius 1 is 1.24 bits per heavy atom. The Morgan fingerprint density at radius 3 is 2.48 bits per heavy atom. The van der Waals surface area contributed by atoms with E-state index in [0.29, 0.717) is 18.8 Å². The minimum Gasteiger partial charge on any atom is -0.463 e. The molecule has 2 aromatic rings. The molecule has 5 nitrogen and oxygen atoms in total. The van der Waals surface area contributed by atoms with Crippen molar-refractivity contribution in [1.82, 2.24) is 10.6 Å². The molecule has 0 bridgehead atoms. The van der Waals surface area contributed by atoms with Crippen molar-refractivity contribution in [1.29, 1.82) is 0 Å². The van der Waals surface area contributed by atoms with Crippen LogP contribution in [-0.4, -0.2) is 24.1 Å². The number of nitrogens with one attached hydrogen (secondary N) is 2. The van der Waals surface area contributed by atoms with Gasteiger partial charge in [-0.3, -0.25) is 4.79 Å². The average Bonchev–Trinajstić information content (AvgIpc) is 3.00. The normalized spacial score (nSPS) is 14.8. The smallest absolute Gasteiger partial charge is 0.216 e. The zero-order chi connectivity index (χ0) is 18.4. The zero-order valence-corrected chi connectivity index (χ0v) is 15.4. The van der Waals surface area contributed by atoms with Crippen LogP contribution < -0.4 is 10.6 Å². The molecule has 1 aromatic carbocycles. The molecule has 1 amide bonds. The average molecular weight is 344 g/mol. The Labute approximate surface area is 149 Å². The van der Waals surface area contributed by atoms with E-state index in [4.69, 9.17) is 4.42 Å². The third kappa shape index (κ3) is 5.73. The number of rotatable bonds is 8. The van der Waals surface area contributed by atoms with Gasteiger partial charge in [0, 0.05) is 26.1 Å². The van der Waals surface area contributed by atoms with Gasteiger partial charge in [0.1, 0.15) is 17.1 Å². The summed E-state index contributed by atoms with van der Waals surface area (Å²) in [5, 5.41) is 16.7. The van der Waals surface area contributed by atoms with Crippen LogP contribution in [0.2, 0.25) is 0 Å². The second-order valence-electron chi connectivity index (χ2n) is 6.76. The van der Waals surface area contributed by atoms with Crippen molar-refractivity contribution in [2.75, 3.05) is 13.1 Å². The number of hydrogen-bond acceptors (Lipinski definition) is 4. The molecule has 5 heteroatoms. The van der Waals surface area contributed by atoms with Gasteiger partial charge >= 0.3 is 0 Å². The van der Waals surface area contributed by atoms with Crippen molar-refractivity contribution in [2.45, 2.75) is 45.8 Å². The van der Waals surface area contributed by atoms with Crippen molar-refractivity contribution < 1.29 is 14.3 Å². The number of hydrogen-bond donors (Lipinski definition) is 3. The summed E-state index contributed by atoms with van der Waals surface area (Å²) in [6.45, 7) is 8.24. The van der Waals surface area contributed by atoms with Gasteiger partial charge in [-0.1, -0.05) is 24.3 Å². The van der Waals surface area contributed by atoms with Gasteiger partial charge in [-0.15, -0.1) is 0 Å². The molecule has 0 aliphatic rings. The molecule has 136 valence electrons. The van der Waals surface area contributed by atoms with E-state index < -0.39 is 5.60 Å². The van der Waals surface area contributed by atoms with Crippen LogP contribution in [-0.2, 0) is 16.8 Å². The van der Waals surface area contributed by atoms with Crippen LogP contribution >= 0.6 is 0 Å². The second-order valence-corrected chi connectivity index (χ2v) is 6.76. The van der Waals surface area contributed by atoms with E-state index in [1.807, 2.05) is 19.1 Å². The molecule has 2 atom stereocenters. The maximum Gasteiger partial charge on any atom is 0.216 e. The minimum atomic E-state index is -1.05. The molecule has 1 heterocycles. The summed E-state index contributed by atoms with van der Waals surface area (Å²) in [5.74, 6) is 1.35. The molecule has 25 heavy (non-hydrogen) atoms. The summed E-state index contributed by atoms with van der Waals surface area (Å²) in [6.07, 6.45) is 0.814.